The molecule has 142 valence electrons. The molecule has 2 atom stereocenters. The van der Waals surface area contributed by atoms with E-state index < -0.39 is 37.1 Å². The third kappa shape index (κ3) is 14.3. The van der Waals surface area contributed by atoms with E-state index in [1.165, 1.54) is 0 Å². The second-order valence-corrected chi connectivity index (χ2v) is 5.21. The van der Waals surface area contributed by atoms with Gasteiger partial charge in [-0.15, -0.1) is 0 Å². The fourth-order valence-electron chi connectivity index (χ4n) is 1.66. The zero-order valence-corrected chi connectivity index (χ0v) is 13.3. The van der Waals surface area contributed by atoms with Crippen LogP contribution in [0.3, 0.4) is 0 Å². The van der Waals surface area contributed by atoms with E-state index in [9.17, 15) is 19.8 Å². The van der Waals surface area contributed by atoms with Gasteiger partial charge in [0.05, 0.1) is 0 Å². The van der Waals surface area contributed by atoms with E-state index in [0.717, 1.165) is 0 Å². The molecule has 0 amide bonds. The van der Waals surface area contributed by atoms with Gasteiger partial charge in [0.2, 0.25) is 12.6 Å². The summed E-state index contributed by atoms with van der Waals surface area (Å²) >= 11 is 0. The minimum Gasteiger partial charge on any atom is -0.436 e. The Balaban J connectivity index is 3.69. The Morgan fingerprint density at radius 2 is 0.958 bits per heavy atom. The largest absolute Gasteiger partial charge is 0.436 e. The van der Waals surface area contributed by atoms with Crippen molar-refractivity contribution in [2.24, 2.45) is 0 Å². The van der Waals surface area contributed by atoms with Crippen LogP contribution in [0, 0.1) is 0 Å². The molecule has 2 unspecified atom stereocenters. The van der Waals surface area contributed by atoms with Crippen molar-refractivity contribution < 1.29 is 49.7 Å². The van der Waals surface area contributed by atoms with Gasteiger partial charge >= 0.3 is 11.9 Å². The number of esters is 2. The summed E-state index contributed by atoms with van der Waals surface area (Å²) in [5.41, 5.74) is 0. The van der Waals surface area contributed by atoms with Crippen molar-refractivity contribution in [2.45, 2.75) is 76.5 Å². The van der Waals surface area contributed by atoms with Gasteiger partial charge in [-0.3, -0.25) is 9.59 Å². The number of unbranched alkanes of at least 4 members (excludes halogenated alkanes) is 1. The van der Waals surface area contributed by atoms with Crippen molar-refractivity contribution in [2.75, 3.05) is 0 Å². The van der Waals surface area contributed by atoms with Crippen molar-refractivity contribution >= 4 is 11.9 Å². The van der Waals surface area contributed by atoms with Crippen molar-refractivity contribution in [3.63, 3.8) is 0 Å². The highest BCUT2D eigenvalue weighted by Gasteiger charge is 2.14. The van der Waals surface area contributed by atoms with Crippen LogP contribution in [0.1, 0.15) is 51.4 Å². The molecule has 0 saturated heterocycles. The van der Waals surface area contributed by atoms with Crippen LogP contribution >= 0.6 is 0 Å². The highest BCUT2D eigenvalue weighted by Crippen LogP contribution is 2.08. The third-order valence-corrected chi connectivity index (χ3v) is 2.89. The first kappa shape index (κ1) is 22.7. The molecular formula is C14H26O10. The first-order valence-electron chi connectivity index (χ1n) is 7.68. The fraction of sp³-hybridized carbons (Fsp3) is 0.857. The molecule has 0 heterocycles. The lowest BCUT2D eigenvalue weighted by atomic mass is 10.2. The number of carbonyl (C=O) groups excluding carboxylic acids is 2. The fourth-order valence-corrected chi connectivity index (χ4v) is 1.66. The predicted molar refractivity (Wildman–Crippen MR) is 77.6 cm³/mol. The van der Waals surface area contributed by atoms with Gasteiger partial charge in [-0.1, -0.05) is 0 Å². The average Bonchev–Trinajstić information content (AvgIpc) is 2.47. The standard InChI is InChI=1S/C14H26O10/c15-9(16)5-7-13(21)23-11(19)3-1-2-4-12(20)24-14(22)8-6-10(17)18/h9-10,13-18,21-22H,1-8H2. The molecule has 0 saturated carbocycles. The van der Waals surface area contributed by atoms with Gasteiger partial charge in [-0.2, -0.15) is 0 Å². The van der Waals surface area contributed by atoms with Crippen LogP contribution in [0.2, 0.25) is 0 Å². The summed E-state index contributed by atoms with van der Waals surface area (Å²) in [4.78, 5) is 22.7. The number of hydrogen-bond acceptors (Lipinski definition) is 10. The molecule has 0 bridgehead atoms. The van der Waals surface area contributed by atoms with E-state index in [0.29, 0.717) is 12.8 Å². The highest BCUT2D eigenvalue weighted by molar-refractivity contribution is 5.70. The summed E-state index contributed by atoms with van der Waals surface area (Å²) in [7, 11) is 0. The van der Waals surface area contributed by atoms with Crippen molar-refractivity contribution in [1.82, 2.24) is 0 Å². The normalized spacial score (nSPS) is 13.8. The average molecular weight is 354 g/mol. The summed E-state index contributed by atoms with van der Waals surface area (Å²) in [5, 5.41) is 53.0. The van der Waals surface area contributed by atoms with Crippen molar-refractivity contribution in [3.8, 4) is 0 Å². The molecule has 0 aromatic rings. The van der Waals surface area contributed by atoms with E-state index >= 15 is 0 Å². The molecule has 0 aliphatic heterocycles. The lowest BCUT2D eigenvalue weighted by molar-refractivity contribution is -0.174. The molecule has 6 N–H and O–H groups in total. The van der Waals surface area contributed by atoms with E-state index in [1.54, 1.807) is 0 Å². The molecule has 0 rings (SSSR count). The number of aliphatic hydroxyl groups is 6. The van der Waals surface area contributed by atoms with Crippen LogP contribution in [0.5, 0.6) is 0 Å². The summed E-state index contributed by atoms with van der Waals surface area (Å²) in [6, 6.07) is 0. The topological polar surface area (TPSA) is 174 Å². The van der Waals surface area contributed by atoms with Gasteiger partial charge in [-0.25, -0.2) is 0 Å². The Morgan fingerprint density at radius 1 is 0.625 bits per heavy atom. The van der Waals surface area contributed by atoms with Crippen LogP contribution in [0.25, 0.3) is 0 Å². The molecule has 0 aromatic carbocycles. The molecule has 0 aliphatic rings. The Labute approximate surface area is 139 Å². The second-order valence-electron chi connectivity index (χ2n) is 5.21. The maximum Gasteiger partial charge on any atom is 0.308 e. The third-order valence-electron chi connectivity index (χ3n) is 2.89. The maximum atomic E-state index is 11.4. The van der Waals surface area contributed by atoms with Gasteiger partial charge in [-0.05, 0) is 12.8 Å². The van der Waals surface area contributed by atoms with E-state index in [1.807, 2.05) is 0 Å². The lowest BCUT2D eigenvalue weighted by Crippen LogP contribution is -2.20. The molecule has 10 heteroatoms. The number of ether oxygens (including phenoxy) is 2. The number of carbonyl (C=O) groups is 2. The van der Waals surface area contributed by atoms with Crippen LogP contribution in [-0.4, -0.2) is 67.7 Å². The Morgan fingerprint density at radius 3 is 1.25 bits per heavy atom. The number of aliphatic hydroxyl groups excluding tert-OH is 4. The summed E-state index contributed by atoms with van der Waals surface area (Å²) < 4.78 is 9.24. The SMILES string of the molecule is O=C(CCCCC(=O)OC(O)CCC(O)O)OC(O)CCC(O)O. The summed E-state index contributed by atoms with van der Waals surface area (Å²) in [5.74, 6) is -1.36. The van der Waals surface area contributed by atoms with Crippen LogP contribution < -0.4 is 0 Å². The Kier molecular flexibility index (Phi) is 12.3. The predicted octanol–water partition coefficient (Wildman–Crippen LogP) is -1.55. The molecule has 24 heavy (non-hydrogen) atoms. The van der Waals surface area contributed by atoms with Crippen LogP contribution in [-0.2, 0) is 19.1 Å². The van der Waals surface area contributed by atoms with Gasteiger partial charge < -0.3 is 40.1 Å². The van der Waals surface area contributed by atoms with Gasteiger partial charge in [0.25, 0.3) is 0 Å². The minimum atomic E-state index is -1.58. The molecule has 0 spiro atoms. The molecule has 10 nitrogen and oxygen atoms in total. The second kappa shape index (κ2) is 13.0. The Hall–Kier alpha value is -1.30. The summed E-state index contributed by atoms with van der Waals surface area (Å²) in [6.45, 7) is 0. The first-order valence-corrected chi connectivity index (χ1v) is 7.68. The van der Waals surface area contributed by atoms with Gasteiger partial charge in [0, 0.05) is 38.5 Å². The van der Waals surface area contributed by atoms with Crippen LogP contribution in [0.15, 0.2) is 0 Å². The first-order chi connectivity index (χ1) is 11.2. The molecule has 0 aromatic heterocycles. The van der Waals surface area contributed by atoms with Gasteiger partial charge in [0.15, 0.2) is 12.6 Å². The monoisotopic (exact) mass is 354 g/mol. The van der Waals surface area contributed by atoms with E-state index in [4.69, 9.17) is 20.4 Å². The van der Waals surface area contributed by atoms with Crippen molar-refractivity contribution in [1.29, 1.82) is 0 Å². The molecule has 0 radical (unpaired) electrons. The van der Waals surface area contributed by atoms with E-state index in [-0.39, 0.29) is 38.5 Å². The smallest absolute Gasteiger partial charge is 0.308 e. The zero-order chi connectivity index (χ0) is 18.5. The number of rotatable bonds is 13. The minimum absolute atomic E-state index is 0.0364. The lowest BCUT2D eigenvalue weighted by Gasteiger charge is -2.13. The van der Waals surface area contributed by atoms with Gasteiger partial charge in [0.1, 0.15) is 0 Å². The highest BCUT2D eigenvalue weighted by atomic mass is 16.6. The number of hydrogen-bond donors (Lipinski definition) is 6. The molecule has 0 aliphatic carbocycles. The summed E-state index contributed by atoms with van der Waals surface area (Å²) in [6.07, 6.45) is -5.93. The van der Waals surface area contributed by atoms with Crippen molar-refractivity contribution in [3.05, 3.63) is 0 Å². The Bertz CT molecular complexity index is 323. The zero-order valence-electron chi connectivity index (χ0n) is 13.3. The van der Waals surface area contributed by atoms with E-state index in [2.05, 4.69) is 9.47 Å². The quantitative estimate of drug-likeness (QED) is 0.129. The maximum absolute atomic E-state index is 11.4. The molecular weight excluding hydrogens is 328 g/mol. The van der Waals surface area contributed by atoms with Crippen LogP contribution in [0.4, 0.5) is 0 Å². The molecule has 0 fully saturated rings.